The van der Waals surface area contributed by atoms with E-state index in [1.54, 1.807) is 29.1 Å². The average molecular weight is 332 g/mol. The number of aromatic nitrogens is 2. The van der Waals surface area contributed by atoms with Crippen LogP contribution in [-0.4, -0.2) is 15.7 Å². The van der Waals surface area contributed by atoms with Crippen molar-refractivity contribution in [2.45, 2.75) is 0 Å². The lowest BCUT2D eigenvalue weighted by atomic mass is 10.3. The van der Waals surface area contributed by atoms with Crippen molar-refractivity contribution in [2.75, 3.05) is 5.32 Å². The molecule has 0 saturated carbocycles. The third-order valence-electron chi connectivity index (χ3n) is 3.04. The number of halogens is 2. The van der Waals surface area contributed by atoms with E-state index in [0.29, 0.717) is 21.3 Å². The molecule has 0 aliphatic heterocycles. The maximum Gasteiger partial charge on any atom is 0.258 e. The number of nitrogens with one attached hydrogen (secondary N) is 1. The molecule has 110 valence electrons. The molecular formula is C16H11Cl2N3O. The van der Waals surface area contributed by atoms with Crippen LogP contribution in [0.2, 0.25) is 10.0 Å². The highest BCUT2D eigenvalue weighted by atomic mass is 35.5. The molecule has 3 aromatic rings. The fraction of sp³-hybridized carbons (Fsp3) is 0. The molecule has 0 spiro atoms. The van der Waals surface area contributed by atoms with Gasteiger partial charge >= 0.3 is 0 Å². The van der Waals surface area contributed by atoms with Crippen molar-refractivity contribution in [3.8, 4) is 5.69 Å². The highest BCUT2D eigenvalue weighted by molar-refractivity contribution is 6.36. The van der Waals surface area contributed by atoms with E-state index in [0.717, 1.165) is 5.69 Å². The standard InChI is InChI=1S/C16H11Cl2N3O/c17-12-6-7-15(14(18)8-12)20-16(22)11-9-19-21(10-11)13-4-2-1-3-5-13/h1-10H,(H,20,22). The maximum absolute atomic E-state index is 12.2. The summed E-state index contributed by atoms with van der Waals surface area (Å²) in [6.07, 6.45) is 3.17. The topological polar surface area (TPSA) is 46.9 Å². The Kier molecular flexibility index (Phi) is 4.13. The molecule has 1 N–H and O–H groups in total. The summed E-state index contributed by atoms with van der Waals surface area (Å²) in [6.45, 7) is 0. The Morgan fingerprint density at radius 1 is 1.09 bits per heavy atom. The predicted octanol–water partition coefficient (Wildman–Crippen LogP) is 4.43. The Labute approximate surface area is 137 Å². The van der Waals surface area contributed by atoms with Crippen molar-refractivity contribution in [2.24, 2.45) is 0 Å². The largest absolute Gasteiger partial charge is 0.321 e. The average Bonchev–Trinajstić information content (AvgIpc) is 3.01. The number of nitrogens with zero attached hydrogens (tertiary/aromatic N) is 2. The van der Waals surface area contributed by atoms with Gasteiger partial charge in [0.05, 0.1) is 28.2 Å². The van der Waals surface area contributed by atoms with Crippen molar-refractivity contribution in [3.05, 3.63) is 76.5 Å². The number of carbonyl (C=O) groups is 1. The summed E-state index contributed by atoms with van der Waals surface area (Å²) in [4.78, 5) is 12.2. The molecule has 4 nitrogen and oxygen atoms in total. The molecule has 0 saturated heterocycles. The summed E-state index contributed by atoms with van der Waals surface area (Å²) in [5.74, 6) is -0.286. The molecule has 6 heteroatoms. The van der Waals surface area contributed by atoms with Crippen molar-refractivity contribution in [1.82, 2.24) is 9.78 Å². The summed E-state index contributed by atoms with van der Waals surface area (Å²) in [7, 11) is 0. The molecule has 0 unspecified atom stereocenters. The van der Waals surface area contributed by atoms with Crippen LogP contribution in [0.3, 0.4) is 0 Å². The first kappa shape index (κ1) is 14.6. The van der Waals surface area contributed by atoms with Gasteiger partial charge in [0.2, 0.25) is 0 Å². The molecular weight excluding hydrogens is 321 g/mol. The number of hydrogen-bond donors (Lipinski definition) is 1. The van der Waals surface area contributed by atoms with E-state index in [4.69, 9.17) is 23.2 Å². The molecule has 1 aromatic heterocycles. The second kappa shape index (κ2) is 6.22. The summed E-state index contributed by atoms with van der Waals surface area (Å²) < 4.78 is 1.64. The molecule has 0 aliphatic carbocycles. The van der Waals surface area contributed by atoms with Crippen LogP contribution in [0.15, 0.2) is 60.9 Å². The minimum atomic E-state index is -0.286. The van der Waals surface area contributed by atoms with Gasteiger partial charge in [-0.15, -0.1) is 0 Å². The molecule has 0 atom stereocenters. The zero-order valence-corrected chi connectivity index (χ0v) is 12.8. The van der Waals surface area contributed by atoms with Gasteiger partial charge in [-0.3, -0.25) is 4.79 Å². The Bertz CT molecular complexity index is 815. The Morgan fingerprint density at radius 2 is 1.86 bits per heavy atom. The van der Waals surface area contributed by atoms with Gasteiger partial charge in [0.25, 0.3) is 5.91 Å². The maximum atomic E-state index is 12.2. The minimum absolute atomic E-state index is 0.286. The van der Waals surface area contributed by atoms with Crippen LogP contribution in [0, 0.1) is 0 Å². The van der Waals surface area contributed by atoms with Crippen molar-refractivity contribution >= 4 is 34.8 Å². The molecule has 22 heavy (non-hydrogen) atoms. The molecule has 1 amide bonds. The van der Waals surface area contributed by atoms with Crippen LogP contribution in [0.4, 0.5) is 5.69 Å². The fourth-order valence-corrected chi connectivity index (χ4v) is 2.40. The van der Waals surface area contributed by atoms with E-state index in [1.165, 1.54) is 6.20 Å². The molecule has 0 fully saturated rings. The molecule has 0 bridgehead atoms. The Hall–Kier alpha value is -2.30. The SMILES string of the molecule is O=C(Nc1ccc(Cl)cc1Cl)c1cnn(-c2ccccc2)c1. The summed E-state index contributed by atoms with van der Waals surface area (Å²) >= 11 is 11.9. The van der Waals surface area contributed by atoms with Crippen molar-refractivity contribution in [1.29, 1.82) is 0 Å². The van der Waals surface area contributed by atoms with Gasteiger partial charge in [-0.2, -0.15) is 5.10 Å². The number of anilines is 1. The van der Waals surface area contributed by atoms with E-state index in [1.807, 2.05) is 30.3 Å². The van der Waals surface area contributed by atoms with E-state index in [2.05, 4.69) is 10.4 Å². The normalized spacial score (nSPS) is 10.5. The second-order valence-electron chi connectivity index (χ2n) is 4.59. The van der Waals surface area contributed by atoms with E-state index in [9.17, 15) is 4.79 Å². The highest BCUT2D eigenvalue weighted by Crippen LogP contribution is 2.25. The predicted molar refractivity (Wildman–Crippen MR) is 88.0 cm³/mol. The molecule has 1 heterocycles. The fourth-order valence-electron chi connectivity index (χ4n) is 1.95. The first-order valence-corrected chi connectivity index (χ1v) is 7.25. The lowest BCUT2D eigenvalue weighted by Gasteiger charge is -2.06. The molecule has 0 radical (unpaired) electrons. The number of para-hydroxylation sites is 1. The number of rotatable bonds is 3. The quantitative estimate of drug-likeness (QED) is 0.771. The third-order valence-corrected chi connectivity index (χ3v) is 3.59. The van der Waals surface area contributed by atoms with Crippen LogP contribution in [0.1, 0.15) is 10.4 Å². The van der Waals surface area contributed by atoms with Crippen LogP contribution < -0.4 is 5.32 Å². The lowest BCUT2D eigenvalue weighted by Crippen LogP contribution is -2.11. The van der Waals surface area contributed by atoms with Gasteiger partial charge in [0.1, 0.15) is 0 Å². The van der Waals surface area contributed by atoms with Gasteiger partial charge in [-0.25, -0.2) is 4.68 Å². The van der Waals surface area contributed by atoms with Gasteiger partial charge in [-0.1, -0.05) is 41.4 Å². The van der Waals surface area contributed by atoms with Gasteiger partial charge < -0.3 is 5.32 Å². The summed E-state index contributed by atoms with van der Waals surface area (Å²) in [5, 5.41) is 7.82. The first-order valence-electron chi connectivity index (χ1n) is 6.50. The number of hydrogen-bond acceptors (Lipinski definition) is 2. The summed E-state index contributed by atoms with van der Waals surface area (Å²) in [5.41, 5.74) is 1.82. The third kappa shape index (κ3) is 3.13. The smallest absolute Gasteiger partial charge is 0.258 e. The zero-order valence-electron chi connectivity index (χ0n) is 11.3. The van der Waals surface area contributed by atoms with E-state index in [-0.39, 0.29) is 5.91 Å². The van der Waals surface area contributed by atoms with Gasteiger partial charge in [0, 0.05) is 11.2 Å². The van der Waals surface area contributed by atoms with Gasteiger partial charge in [-0.05, 0) is 30.3 Å². The van der Waals surface area contributed by atoms with Crippen LogP contribution in [0.25, 0.3) is 5.69 Å². The highest BCUT2D eigenvalue weighted by Gasteiger charge is 2.11. The molecule has 0 aliphatic rings. The number of amides is 1. The Morgan fingerprint density at radius 3 is 2.59 bits per heavy atom. The first-order chi connectivity index (χ1) is 10.6. The lowest BCUT2D eigenvalue weighted by molar-refractivity contribution is 0.102. The van der Waals surface area contributed by atoms with Crippen LogP contribution >= 0.6 is 23.2 Å². The monoisotopic (exact) mass is 331 g/mol. The van der Waals surface area contributed by atoms with Crippen molar-refractivity contribution < 1.29 is 4.79 Å². The van der Waals surface area contributed by atoms with Crippen LogP contribution in [0.5, 0.6) is 0 Å². The Balaban J connectivity index is 1.80. The number of benzene rings is 2. The minimum Gasteiger partial charge on any atom is -0.321 e. The van der Waals surface area contributed by atoms with Crippen molar-refractivity contribution in [3.63, 3.8) is 0 Å². The zero-order chi connectivity index (χ0) is 15.5. The molecule has 2 aromatic carbocycles. The van der Waals surface area contributed by atoms with Gasteiger partial charge in [0.15, 0.2) is 0 Å². The summed E-state index contributed by atoms with van der Waals surface area (Å²) in [6, 6.07) is 14.4. The molecule has 3 rings (SSSR count). The number of carbonyl (C=O) groups excluding carboxylic acids is 1. The van der Waals surface area contributed by atoms with E-state index >= 15 is 0 Å². The van der Waals surface area contributed by atoms with Crippen LogP contribution in [-0.2, 0) is 0 Å². The second-order valence-corrected chi connectivity index (χ2v) is 5.43. The van der Waals surface area contributed by atoms with E-state index < -0.39 is 0 Å².